The lowest BCUT2D eigenvalue weighted by molar-refractivity contribution is -0.157. The van der Waals surface area contributed by atoms with Gasteiger partial charge in [0.1, 0.15) is 11.7 Å². The summed E-state index contributed by atoms with van der Waals surface area (Å²) >= 11 is 0. The van der Waals surface area contributed by atoms with E-state index in [9.17, 15) is 14.7 Å². The smallest absolute Gasteiger partial charge is 0.306 e. The largest absolute Gasteiger partial charge is 0.460 e. The van der Waals surface area contributed by atoms with E-state index in [1.165, 1.54) is 0 Å². The highest BCUT2D eigenvalue weighted by Crippen LogP contribution is 2.19. The Hall–Kier alpha value is -1.36. The third kappa shape index (κ3) is 6.19. The van der Waals surface area contributed by atoms with E-state index in [1.807, 2.05) is 12.2 Å². The number of aliphatic hydroxyl groups is 1. The van der Waals surface area contributed by atoms with Crippen LogP contribution in [-0.4, -0.2) is 35.2 Å². The van der Waals surface area contributed by atoms with Gasteiger partial charge in [0.25, 0.3) is 0 Å². The van der Waals surface area contributed by atoms with E-state index in [0.29, 0.717) is 13.0 Å². The summed E-state index contributed by atoms with van der Waals surface area (Å²) in [7, 11) is 0. The Bertz CT molecular complexity index is 371. The molecule has 1 aliphatic rings. The molecular weight excluding hydrogens is 258 g/mol. The molecule has 5 nitrogen and oxygen atoms in total. The lowest BCUT2D eigenvalue weighted by atomic mass is 9.93. The minimum atomic E-state index is -1.18. The molecule has 0 aromatic rings. The highest BCUT2D eigenvalue weighted by molar-refractivity contribution is 5.81. The average molecular weight is 283 g/mol. The standard InChI is InChI=1S/C15H25NO4/c1-15(2,3)20-12(17)10-11-8-6-4-5-7-9-16-14(19)13(11)18/h4,6,11,13,18H,5,7-10H2,1-3H3,(H,16,19)/b6-4-/t11-,13?/m1/s1. The number of esters is 1. The molecule has 1 aliphatic heterocycles. The summed E-state index contributed by atoms with van der Waals surface area (Å²) in [6.07, 6.45) is 5.04. The number of aliphatic hydroxyl groups excluding tert-OH is 1. The van der Waals surface area contributed by atoms with Crippen molar-refractivity contribution in [1.29, 1.82) is 0 Å². The van der Waals surface area contributed by atoms with Crippen molar-refractivity contribution in [3.05, 3.63) is 12.2 Å². The van der Waals surface area contributed by atoms with Crippen LogP contribution in [0.5, 0.6) is 0 Å². The van der Waals surface area contributed by atoms with Crippen LogP contribution in [-0.2, 0) is 14.3 Å². The lowest BCUT2D eigenvalue weighted by Gasteiger charge is -2.24. The van der Waals surface area contributed by atoms with Gasteiger partial charge >= 0.3 is 5.97 Å². The number of hydrogen-bond donors (Lipinski definition) is 2. The van der Waals surface area contributed by atoms with Gasteiger partial charge in [-0.05, 0) is 40.0 Å². The predicted molar refractivity (Wildman–Crippen MR) is 76.0 cm³/mol. The van der Waals surface area contributed by atoms with Crippen LogP contribution in [0, 0.1) is 5.92 Å². The molecule has 0 spiro atoms. The third-order valence-corrected chi connectivity index (χ3v) is 3.02. The predicted octanol–water partition coefficient (Wildman–Crippen LogP) is 1.55. The summed E-state index contributed by atoms with van der Waals surface area (Å²) in [4.78, 5) is 23.6. The maximum absolute atomic E-state index is 11.8. The summed E-state index contributed by atoms with van der Waals surface area (Å²) in [5.41, 5.74) is -0.559. The van der Waals surface area contributed by atoms with Crippen molar-refractivity contribution in [3.8, 4) is 0 Å². The van der Waals surface area contributed by atoms with Crippen molar-refractivity contribution in [2.75, 3.05) is 6.54 Å². The van der Waals surface area contributed by atoms with Gasteiger partial charge < -0.3 is 15.2 Å². The molecular formula is C15H25NO4. The summed E-state index contributed by atoms with van der Waals surface area (Å²) < 4.78 is 5.25. The van der Waals surface area contributed by atoms with E-state index < -0.39 is 23.5 Å². The molecule has 1 unspecified atom stereocenters. The number of ether oxygens (including phenoxy) is 1. The molecule has 0 saturated heterocycles. The van der Waals surface area contributed by atoms with Gasteiger partial charge in [-0.15, -0.1) is 0 Å². The molecule has 1 heterocycles. The number of carbonyl (C=O) groups excluding carboxylic acids is 2. The highest BCUT2D eigenvalue weighted by Gasteiger charge is 2.29. The Morgan fingerprint density at radius 3 is 2.80 bits per heavy atom. The van der Waals surface area contributed by atoms with Crippen molar-refractivity contribution in [2.45, 2.75) is 58.2 Å². The number of amides is 1. The highest BCUT2D eigenvalue weighted by atomic mass is 16.6. The van der Waals surface area contributed by atoms with Crippen LogP contribution in [0.4, 0.5) is 0 Å². The molecule has 20 heavy (non-hydrogen) atoms. The molecule has 0 aromatic carbocycles. The fourth-order valence-electron chi connectivity index (χ4n) is 2.06. The van der Waals surface area contributed by atoms with E-state index in [4.69, 9.17) is 4.74 Å². The van der Waals surface area contributed by atoms with Crippen LogP contribution < -0.4 is 5.32 Å². The summed E-state index contributed by atoms with van der Waals surface area (Å²) in [5.74, 6) is -1.24. The van der Waals surface area contributed by atoms with Crippen LogP contribution in [0.25, 0.3) is 0 Å². The van der Waals surface area contributed by atoms with Crippen molar-refractivity contribution >= 4 is 11.9 Å². The molecule has 1 rings (SSSR count). The molecule has 0 aromatic heterocycles. The van der Waals surface area contributed by atoms with Crippen LogP contribution in [0.3, 0.4) is 0 Å². The van der Waals surface area contributed by atoms with Crippen LogP contribution in [0.2, 0.25) is 0 Å². The maximum Gasteiger partial charge on any atom is 0.306 e. The molecule has 5 heteroatoms. The van der Waals surface area contributed by atoms with E-state index in [-0.39, 0.29) is 12.4 Å². The molecule has 2 N–H and O–H groups in total. The summed E-state index contributed by atoms with van der Waals surface area (Å²) in [6, 6.07) is 0. The van der Waals surface area contributed by atoms with Crippen LogP contribution in [0.15, 0.2) is 12.2 Å². The quantitative estimate of drug-likeness (QED) is 0.595. The average Bonchev–Trinajstić information content (AvgIpc) is 2.32. The van der Waals surface area contributed by atoms with Gasteiger partial charge in [-0.3, -0.25) is 9.59 Å². The zero-order valence-corrected chi connectivity index (χ0v) is 12.5. The minimum absolute atomic E-state index is 0.0379. The van der Waals surface area contributed by atoms with Crippen molar-refractivity contribution in [2.24, 2.45) is 5.92 Å². The number of hydrogen-bond acceptors (Lipinski definition) is 4. The van der Waals surface area contributed by atoms with E-state index >= 15 is 0 Å². The first-order chi connectivity index (χ1) is 9.29. The Morgan fingerprint density at radius 1 is 1.45 bits per heavy atom. The zero-order valence-electron chi connectivity index (χ0n) is 12.5. The Balaban J connectivity index is 2.68. The molecule has 2 atom stereocenters. The fourth-order valence-corrected chi connectivity index (χ4v) is 2.06. The van der Waals surface area contributed by atoms with E-state index in [1.54, 1.807) is 20.8 Å². The van der Waals surface area contributed by atoms with Gasteiger partial charge in [0.2, 0.25) is 5.91 Å². The van der Waals surface area contributed by atoms with Gasteiger partial charge in [0.15, 0.2) is 0 Å². The molecule has 0 aliphatic carbocycles. The summed E-state index contributed by atoms with van der Waals surface area (Å²) in [5, 5.41) is 12.7. The Labute approximate surface area is 120 Å². The number of allylic oxidation sites excluding steroid dienone is 2. The van der Waals surface area contributed by atoms with Gasteiger partial charge in [-0.2, -0.15) is 0 Å². The van der Waals surface area contributed by atoms with Gasteiger partial charge in [0.05, 0.1) is 6.42 Å². The first kappa shape index (κ1) is 16.7. The molecule has 0 saturated carbocycles. The first-order valence-corrected chi connectivity index (χ1v) is 7.12. The lowest BCUT2D eigenvalue weighted by Crippen LogP contribution is -2.41. The topological polar surface area (TPSA) is 75.6 Å². The van der Waals surface area contributed by atoms with Crippen LogP contribution >= 0.6 is 0 Å². The van der Waals surface area contributed by atoms with E-state index in [2.05, 4.69) is 5.32 Å². The zero-order chi connectivity index (χ0) is 15.2. The van der Waals surface area contributed by atoms with E-state index in [0.717, 1.165) is 12.8 Å². The molecule has 1 amide bonds. The fraction of sp³-hybridized carbons (Fsp3) is 0.733. The van der Waals surface area contributed by atoms with Crippen molar-refractivity contribution < 1.29 is 19.4 Å². The maximum atomic E-state index is 11.8. The van der Waals surface area contributed by atoms with Crippen molar-refractivity contribution in [3.63, 3.8) is 0 Å². The van der Waals surface area contributed by atoms with Gasteiger partial charge in [0, 0.05) is 12.5 Å². The molecule has 0 fully saturated rings. The van der Waals surface area contributed by atoms with Gasteiger partial charge in [-0.1, -0.05) is 12.2 Å². The Kier molecular flexibility index (Phi) is 6.20. The second-order valence-electron chi connectivity index (χ2n) is 6.14. The second kappa shape index (κ2) is 7.43. The minimum Gasteiger partial charge on any atom is -0.460 e. The third-order valence-electron chi connectivity index (χ3n) is 3.02. The molecule has 0 bridgehead atoms. The monoisotopic (exact) mass is 283 g/mol. The molecule has 114 valence electrons. The SMILES string of the molecule is CC(C)(C)OC(=O)C[C@H]1C/C=C\CCCNC(=O)C1O. The summed E-state index contributed by atoms with van der Waals surface area (Å²) in [6.45, 7) is 5.92. The van der Waals surface area contributed by atoms with Crippen molar-refractivity contribution in [1.82, 2.24) is 5.32 Å². The van der Waals surface area contributed by atoms with Gasteiger partial charge in [-0.25, -0.2) is 0 Å². The number of carbonyl (C=O) groups is 2. The number of rotatable bonds is 2. The second-order valence-corrected chi connectivity index (χ2v) is 6.14. The van der Waals surface area contributed by atoms with Crippen LogP contribution in [0.1, 0.15) is 46.5 Å². The number of nitrogens with one attached hydrogen (secondary N) is 1. The first-order valence-electron chi connectivity index (χ1n) is 7.12. The molecule has 0 radical (unpaired) electrons. The normalized spacial score (nSPS) is 26.5. The Morgan fingerprint density at radius 2 is 2.15 bits per heavy atom.